The summed E-state index contributed by atoms with van der Waals surface area (Å²) in [5.41, 5.74) is 2.81. The number of carbonyl (C=O) groups is 1. The van der Waals surface area contributed by atoms with Crippen LogP contribution in [0.15, 0.2) is 53.3 Å². The largest absolute Gasteiger partial charge is 0.497 e. The van der Waals surface area contributed by atoms with Gasteiger partial charge in [-0.05, 0) is 48.4 Å². The number of likely N-dealkylation sites (tertiary alicyclic amines) is 1. The zero-order valence-corrected chi connectivity index (χ0v) is 17.6. The lowest BCUT2D eigenvalue weighted by Gasteiger charge is -2.16. The minimum absolute atomic E-state index is 0.209. The molecule has 1 aromatic heterocycles. The number of amides is 1. The molecule has 2 aliphatic rings. The zero-order chi connectivity index (χ0) is 21.4. The summed E-state index contributed by atoms with van der Waals surface area (Å²) >= 11 is 0. The summed E-state index contributed by atoms with van der Waals surface area (Å²) in [5.74, 6) is 2.25. The number of H-pyrrole nitrogens is 1. The number of methoxy groups -OCH3 is 1. The molecular formula is C24H26N4O3. The van der Waals surface area contributed by atoms with E-state index in [9.17, 15) is 9.59 Å². The van der Waals surface area contributed by atoms with E-state index in [0.29, 0.717) is 12.4 Å². The Balaban J connectivity index is 1.33. The van der Waals surface area contributed by atoms with Crippen LogP contribution >= 0.6 is 0 Å². The van der Waals surface area contributed by atoms with E-state index in [1.807, 2.05) is 53.4 Å². The second-order valence-electron chi connectivity index (χ2n) is 8.49. The highest BCUT2D eigenvalue weighted by atomic mass is 16.5. The van der Waals surface area contributed by atoms with Crippen molar-refractivity contribution < 1.29 is 9.53 Å². The molecule has 1 N–H and O–H groups in total. The molecule has 1 aliphatic heterocycles. The molecule has 1 unspecified atom stereocenters. The maximum absolute atomic E-state index is 12.4. The van der Waals surface area contributed by atoms with E-state index < -0.39 is 0 Å². The Morgan fingerprint density at radius 2 is 1.87 bits per heavy atom. The van der Waals surface area contributed by atoms with Crippen LogP contribution in [-0.2, 0) is 11.3 Å². The highest BCUT2D eigenvalue weighted by molar-refractivity contribution is 5.81. The van der Waals surface area contributed by atoms with Gasteiger partial charge in [-0.1, -0.05) is 36.4 Å². The lowest BCUT2D eigenvalue weighted by atomic mass is 10.0. The van der Waals surface area contributed by atoms with Crippen LogP contribution in [0.2, 0.25) is 0 Å². The van der Waals surface area contributed by atoms with E-state index in [0.717, 1.165) is 54.8 Å². The summed E-state index contributed by atoms with van der Waals surface area (Å²) in [4.78, 5) is 26.7. The highest BCUT2D eigenvalue weighted by Crippen LogP contribution is 2.33. The van der Waals surface area contributed by atoms with Gasteiger partial charge in [-0.15, -0.1) is 0 Å². The monoisotopic (exact) mass is 418 g/mol. The summed E-state index contributed by atoms with van der Waals surface area (Å²) in [7, 11) is 1.66. The Hall–Kier alpha value is -3.35. The van der Waals surface area contributed by atoms with E-state index in [-0.39, 0.29) is 23.4 Å². The average molecular weight is 418 g/mol. The number of hydrogen-bond donors (Lipinski definition) is 1. The summed E-state index contributed by atoms with van der Waals surface area (Å²) < 4.78 is 7.02. The van der Waals surface area contributed by atoms with Crippen molar-refractivity contribution in [3.63, 3.8) is 0 Å². The molecule has 0 spiro atoms. The number of hydrogen-bond acceptors (Lipinski definition) is 4. The predicted molar refractivity (Wildman–Crippen MR) is 118 cm³/mol. The number of benzene rings is 2. The molecule has 1 amide bonds. The molecular weight excluding hydrogens is 392 g/mol. The van der Waals surface area contributed by atoms with E-state index >= 15 is 0 Å². The third kappa shape index (κ3) is 4.00. The summed E-state index contributed by atoms with van der Waals surface area (Å²) in [6, 6.07) is 15.9. The third-order valence-electron chi connectivity index (χ3n) is 6.27. The van der Waals surface area contributed by atoms with Gasteiger partial charge in [0, 0.05) is 31.1 Å². The van der Waals surface area contributed by atoms with Gasteiger partial charge in [0.25, 0.3) is 0 Å². The molecule has 2 fully saturated rings. The lowest BCUT2D eigenvalue weighted by molar-refractivity contribution is -0.131. The first-order valence-electron chi connectivity index (χ1n) is 10.8. The zero-order valence-electron chi connectivity index (χ0n) is 17.6. The van der Waals surface area contributed by atoms with E-state index in [1.54, 1.807) is 11.7 Å². The fourth-order valence-electron chi connectivity index (χ4n) is 4.35. The maximum Gasteiger partial charge on any atom is 0.343 e. The summed E-state index contributed by atoms with van der Waals surface area (Å²) in [6.07, 6.45) is 2.97. The smallest absolute Gasteiger partial charge is 0.343 e. The molecule has 2 aromatic carbocycles. The van der Waals surface area contributed by atoms with Crippen molar-refractivity contribution in [2.24, 2.45) is 11.8 Å². The number of ether oxygens (including phenoxy) is 1. The van der Waals surface area contributed by atoms with Crippen LogP contribution < -0.4 is 10.4 Å². The van der Waals surface area contributed by atoms with Crippen LogP contribution in [0.4, 0.5) is 0 Å². The van der Waals surface area contributed by atoms with Crippen LogP contribution in [0.3, 0.4) is 0 Å². The molecule has 1 saturated heterocycles. The quantitative estimate of drug-likeness (QED) is 0.667. The molecule has 0 radical (unpaired) electrons. The van der Waals surface area contributed by atoms with Crippen molar-refractivity contribution in [2.45, 2.75) is 25.8 Å². The minimum Gasteiger partial charge on any atom is -0.497 e. The molecule has 31 heavy (non-hydrogen) atoms. The van der Waals surface area contributed by atoms with E-state index in [1.165, 1.54) is 0 Å². The molecule has 1 aliphatic carbocycles. The van der Waals surface area contributed by atoms with Crippen molar-refractivity contribution in [2.75, 3.05) is 20.2 Å². The predicted octanol–water partition coefficient (Wildman–Crippen LogP) is 3.17. The third-order valence-corrected chi connectivity index (χ3v) is 6.27. The van der Waals surface area contributed by atoms with Gasteiger partial charge in [-0.25, -0.2) is 9.89 Å². The first kappa shape index (κ1) is 19.6. The number of aromatic amines is 1. The van der Waals surface area contributed by atoms with Gasteiger partial charge in [0.15, 0.2) is 5.82 Å². The van der Waals surface area contributed by atoms with E-state index in [4.69, 9.17) is 4.74 Å². The fourth-order valence-corrected chi connectivity index (χ4v) is 4.35. The van der Waals surface area contributed by atoms with Crippen molar-refractivity contribution in [3.05, 3.63) is 59.0 Å². The Kier molecular flexibility index (Phi) is 5.10. The molecule has 7 heteroatoms. The van der Waals surface area contributed by atoms with Gasteiger partial charge in [0.05, 0.1) is 7.11 Å². The van der Waals surface area contributed by atoms with E-state index in [2.05, 4.69) is 10.2 Å². The SMILES string of the molecule is COc1cccc(-c2ccc(-c3n[nH]c(=O)n3CC3CCN(C(=O)C4CC4)C3)cc2)c1. The van der Waals surface area contributed by atoms with Gasteiger partial charge in [0.2, 0.25) is 5.91 Å². The van der Waals surface area contributed by atoms with Crippen LogP contribution in [0, 0.1) is 11.8 Å². The maximum atomic E-state index is 12.4. The molecule has 5 rings (SSSR count). The summed E-state index contributed by atoms with van der Waals surface area (Å²) in [5, 5.41) is 6.87. The van der Waals surface area contributed by atoms with Crippen molar-refractivity contribution in [1.82, 2.24) is 19.7 Å². The standard InChI is InChI=1S/C24H26N4O3/c1-31-21-4-2-3-20(13-21)17-5-7-18(8-6-17)22-25-26-24(30)28(22)15-16-11-12-27(14-16)23(29)19-9-10-19/h2-8,13,16,19H,9-12,14-15H2,1H3,(H,26,30). The molecule has 7 nitrogen and oxygen atoms in total. The van der Waals surface area contributed by atoms with Crippen LogP contribution in [0.1, 0.15) is 19.3 Å². The number of rotatable bonds is 6. The molecule has 160 valence electrons. The van der Waals surface area contributed by atoms with Crippen LogP contribution in [0.5, 0.6) is 5.75 Å². The van der Waals surface area contributed by atoms with Gasteiger partial charge in [-0.3, -0.25) is 9.36 Å². The topological polar surface area (TPSA) is 80.2 Å². The average Bonchev–Trinajstić information content (AvgIpc) is 3.46. The lowest BCUT2D eigenvalue weighted by Crippen LogP contribution is -2.31. The number of carbonyl (C=O) groups excluding carboxylic acids is 1. The first-order chi connectivity index (χ1) is 15.1. The minimum atomic E-state index is -0.209. The second-order valence-corrected chi connectivity index (χ2v) is 8.49. The normalized spacial score (nSPS) is 18.4. The first-order valence-corrected chi connectivity index (χ1v) is 10.8. The highest BCUT2D eigenvalue weighted by Gasteiger charge is 2.36. The Morgan fingerprint density at radius 1 is 1.10 bits per heavy atom. The van der Waals surface area contributed by atoms with Crippen molar-refractivity contribution >= 4 is 5.91 Å². The van der Waals surface area contributed by atoms with Gasteiger partial charge in [0.1, 0.15) is 5.75 Å². The molecule has 1 saturated carbocycles. The molecule has 3 aromatic rings. The summed E-state index contributed by atoms with van der Waals surface area (Å²) in [6.45, 7) is 2.08. The number of nitrogens with zero attached hydrogens (tertiary/aromatic N) is 3. The Bertz CT molecular complexity index is 1140. The second kappa shape index (κ2) is 8.06. The van der Waals surface area contributed by atoms with Gasteiger partial charge in [-0.2, -0.15) is 5.10 Å². The molecule has 1 atom stereocenters. The molecule has 0 bridgehead atoms. The Morgan fingerprint density at radius 3 is 2.61 bits per heavy atom. The number of aromatic nitrogens is 3. The fraction of sp³-hybridized carbons (Fsp3) is 0.375. The van der Waals surface area contributed by atoms with Crippen molar-refractivity contribution in [1.29, 1.82) is 0 Å². The van der Waals surface area contributed by atoms with Crippen LogP contribution in [-0.4, -0.2) is 45.8 Å². The van der Waals surface area contributed by atoms with Crippen molar-refractivity contribution in [3.8, 4) is 28.3 Å². The van der Waals surface area contributed by atoms with Gasteiger partial charge < -0.3 is 9.64 Å². The molecule has 2 heterocycles. The Labute approximate surface area is 180 Å². The van der Waals surface area contributed by atoms with Crippen LogP contribution in [0.25, 0.3) is 22.5 Å². The number of nitrogens with one attached hydrogen (secondary N) is 1. The van der Waals surface area contributed by atoms with Gasteiger partial charge >= 0.3 is 5.69 Å².